The van der Waals surface area contributed by atoms with Gasteiger partial charge in [0.25, 0.3) is 0 Å². The minimum atomic E-state index is -0.515. The van der Waals surface area contributed by atoms with Crippen molar-refractivity contribution in [2.24, 2.45) is 22.7 Å². The topological polar surface area (TPSA) is 87.7 Å². The smallest absolute Gasteiger partial charge is 0.230 e. The summed E-state index contributed by atoms with van der Waals surface area (Å²) < 4.78 is 0. The highest BCUT2D eigenvalue weighted by Crippen LogP contribution is 2.07. The fraction of sp³-hybridized carbons (Fsp3) is 0.800. The van der Waals surface area contributed by atoms with Gasteiger partial charge in [0.05, 0.1) is 5.92 Å². The number of hydrogen-bond donors (Lipinski definition) is 3. The zero-order chi connectivity index (χ0) is 11.8. The molecule has 0 aliphatic rings. The summed E-state index contributed by atoms with van der Waals surface area (Å²) in [5.41, 5.74) is 5.45. The largest absolute Gasteiger partial charge is 0.409 e. The van der Waals surface area contributed by atoms with Crippen LogP contribution in [0.4, 0.5) is 0 Å². The summed E-state index contributed by atoms with van der Waals surface area (Å²) >= 11 is 0. The SMILES string of the molecule is CCCC(C(=O)NCC(C)C)C(N)=NO. The van der Waals surface area contributed by atoms with Gasteiger partial charge in [0.1, 0.15) is 0 Å². The van der Waals surface area contributed by atoms with E-state index in [4.69, 9.17) is 10.9 Å². The number of nitrogens with one attached hydrogen (secondary N) is 1. The van der Waals surface area contributed by atoms with Crippen molar-refractivity contribution >= 4 is 11.7 Å². The molecule has 1 unspecified atom stereocenters. The van der Waals surface area contributed by atoms with Gasteiger partial charge >= 0.3 is 0 Å². The molecule has 0 aliphatic heterocycles. The number of nitrogens with zero attached hydrogens (tertiary/aromatic N) is 1. The Labute approximate surface area is 90.7 Å². The number of carbonyl (C=O) groups is 1. The molecular formula is C10H21N3O2. The Morgan fingerprint density at radius 1 is 1.53 bits per heavy atom. The Balaban J connectivity index is 4.29. The minimum absolute atomic E-state index is 0.0156. The molecule has 0 fully saturated rings. The number of amides is 1. The molecule has 1 atom stereocenters. The molecular weight excluding hydrogens is 194 g/mol. The summed E-state index contributed by atoms with van der Waals surface area (Å²) in [5, 5.41) is 14.2. The molecule has 0 radical (unpaired) electrons. The van der Waals surface area contributed by atoms with E-state index < -0.39 is 5.92 Å². The van der Waals surface area contributed by atoms with E-state index in [1.807, 2.05) is 20.8 Å². The van der Waals surface area contributed by atoms with Crippen molar-refractivity contribution in [3.8, 4) is 0 Å². The van der Waals surface area contributed by atoms with Gasteiger partial charge in [-0.2, -0.15) is 0 Å². The molecule has 0 spiro atoms. The molecule has 88 valence electrons. The first-order chi connectivity index (χ1) is 7.02. The van der Waals surface area contributed by atoms with Crippen LogP contribution in [-0.2, 0) is 4.79 Å². The molecule has 4 N–H and O–H groups in total. The van der Waals surface area contributed by atoms with Crippen LogP contribution >= 0.6 is 0 Å². The Morgan fingerprint density at radius 3 is 2.53 bits per heavy atom. The Morgan fingerprint density at radius 2 is 2.13 bits per heavy atom. The maximum absolute atomic E-state index is 11.7. The lowest BCUT2D eigenvalue weighted by Crippen LogP contribution is -2.40. The minimum Gasteiger partial charge on any atom is -0.409 e. The summed E-state index contributed by atoms with van der Waals surface area (Å²) in [5.74, 6) is -0.304. The number of amidine groups is 1. The van der Waals surface area contributed by atoms with E-state index in [9.17, 15) is 4.79 Å². The number of oxime groups is 1. The van der Waals surface area contributed by atoms with Crippen LogP contribution < -0.4 is 11.1 Å². The fourth-order valence-corrected chi connectivity index (χ4v) is 1.20. The van der Waals surface area contributed by atoms with Crippen molar-refractivity contribution in [2.45, 2.75) is 33.6 Å². The van der Waals surface area contributed by atoms with Gasteiger partial charge in [0, 0.05) is 6.54 Å². The van der Waals surface area contributed by atoms with Gasteiger partial charge in [-0.25, -0.2) is 0 Å². The molecule has 0 aromatic heterocycles. The zero-order valence-corrected chi connectivity index (χ0v) is 9.66. The summed E-state index contributed by atoms with van der Waals surface area (Å²) in [6, 6.07) is 0. The highest BCUT2D eigenvalue weighted by atomic mass is 16.4. The highest BCUT2D eigenvalue weighted by molar-refractivity contribution is 6.01. The monoisotopic (exact) mass is 215 g/mol. The molecule has 1 amide bonds. The van der Waals surface area contributed by atoms with Crippen molar-refractivity contribution in [3.05, 3.63) is 0 Å². The molecule has 0 rings (SSSR count). The molecule has 15 heavy (non-hydrogen) atoms. The summed E-state index contributed by atoms with van der Waals surface area (Å²) in [6.07, 6.45) is 1.41. The summed E-state index contributed by atoms with van der Waals surface area (Å²) in [7, 11) is 0. The number of hydrogen-bond acceptors (Lipinski definition) is 3. The van der Waals surface area contributed by atoms with E-state index >= 15 is 0 Å². The van der Waals surface area contributed by atoms with Crippen LogP contribution in [0.2, 0.25) is 0 Å². The quantitative estimate of drug-likeness (QED) is 0.266. The van der Waals surface area contributed by atoms with Crippen molar-refractivity contribution in [1.82, 2.24) is 5.32 Å². The van der Waals surface area contributed by atoms with Gasteiger partial charge < -0.3 is 16.3 Å². The third-order valence-electron chi connectivity index (χ3n) is 2.05. The van der Waals surface area contributed by atoms with Crippen molar-refractivity contribution in [1.29, 1.82) is 0 Å². The second kappa shape index (κ2) is 7.09. The fourth-order valence-electron chi connectivity index (χ4n) is 1.20. The standard InChI is InChI=1S/C10H21N3O2/c1-4-5-8(9(11)13-15)10(14)12-6-7(2)3/h7-8,15H,4-6H2,1-3H3,(H2,11,13)(H,12,14). The van der Waals surface area contributed by atoms with Crippen molar-refractivity contribution in [3.63, 3.8) is 0 Å². The lowest BCUT2D eigenvalue weighted by Gasteiger charge is -2.15. The van der Waals surface area contributed by atoms with Gasteiger partial charge in [-0.15, -0.1) is 0 Å². The van der Waals surface area contributed by atoms with E-state index in [0.29, 0.717) is 18.9 Å². The molecule has 5 heteroatoms. The van der Waals surface area contributed by atoms with Crippen LogP contribution in [0.15, 0.2) is 5.16 Å². The Hall–Kier alpha value is -1.26. The average Bonchev–Trinajstić information content (AvgIpc) is 2.21. The average molecular weight is 215 g/mol. The van der Waals surface area contributed by atoms with Crippen LogP contribution in [0.1, 0.15) is 33.6 Å². The first-order valence-corrected chi connectivity index (χ1v) is 5.28. The highest BCUT2D eigenvalue weighted by Gasteiger charge is 2.21. The molecule has 0 bridgehead atoms. The van der Waals surface area contributed by atoms with Crippen molar-refractivity contribution in [2.75, 3.05) is 6.54 Å². The Bertz CT molecular complexity index is 227. The molecule has 5 nitrogen and oxygen atoms in total. The molecule has 0 saturated heterocycles. The van der Waals surface area contributed by atoms with E-state index in [1.54, 1.807) is 0 Å². The second-order valence-corrected chi connectivity index (χ2v) is 4.01. The lowest BCUT2D eigenvalue weighted by atomic mass is 10.0. The van der Waals surface area contributed by atoms with Gasteiger partial charge in [-0.1, -0.05) is 32.3 Å². The second-order valence-electron chi connectivity index (χ2n) is 4.01. The zero-order valence-electron chi connectivity index (χ0n) is 9.66. The first kappa shape index (κ1) is 13.7. The van der Waals surface area contributed by atoms with E-state index in [2.05, 4.69) is 10.5 Å². The van der Waals surface area contributed by atoms with E-state index in [-0.39, 0.29) is 11.7 Å². The van der Waals surface area contributed by atoms with Crippen LogP contribution in [0.3, 0.4) is 0 Å². The summed E-state index contributed by atoms with van der Waals surface area (Å²) in [6.45, 7) is 6.59. The third-order valence-corrected chi connectivity index (χ3v) is 2.05. The molecule has 0 aromatic rings. The van der Waals surface area contributed by atoms with Gasteiger partial charge in [0.15, 0.2) is 5.84 Å². The van der Waals surface area contributed by atoms with Crippen LogP contribution in [-0.4, -0.2) is 23.5 Å². The number of carbonyl (C=O) groups excluding carboxylic acids is 1. The summed E-state index contributed by atoms with van der Waals surface area (Å²) in [4.78, 5) is 11.7. The molecule has 0 aliphatic carbocycles. The molecule has 0 saturated carbocycles. The van der Waals surface area contributed by atoms with Gasteiger partial charge in [0.2, 0.25) is 5.91 Å². The van der Waals surface area contributed by atoms with E-state index in [0.717, 1.165) is 6.42 Å². The Kier molecular flexibility index (Phi) is 6.49. The van der Waals surface area contributed by atoms with Crippen LogP contribution in [0.5, 0.6) is 0 Å². The molecule has 0 aromatic carbocycles. The van der Waals surface area contributed by atoms with Gasteiger partial charge in [-0.3, -0.25) is 4.79 Å². The number of rotatable bonds is 6. The van der Waals surface area contributed by atoms with Crippen LogP contribution in [0.25, 0.3) is 0 Å². The third kappa shape index (κ3) is 5.24. The maximum atomic E-state index is 11.7. The van der Waals surface area contributed by atoms with Crippen LogP contribution in [0, 0.1) is 11.8 Å². The number of nitrogens with two attached hydrogens (primary N) is 1. The van der Waals surface area contributed by atoms with Crippen molar-refractivity contribution < 1.29 is 10.0 Å². The molecule has 0 heterocycles. The van der Waals surface area contributed by atoms with Gasteiger partial charge in [-0.05, 0) is 12.3 Å². The first-order valence-electron chi connectivity index (χ1n) is 5.28. The lowest BCUT2D eigenvalue weighted by molar-refractivity contribution is -0.123. The maximum Gasteiger partial charge on any atom is 0.230 e. The normalized spacial score (nSPS) is 14.0. The van der Waals surface area contributed by atoms with E-state index in [1.165, 1.54) is 0 Å². The predicted molar refractivity (Wildman–Crippen MR) is 59.7 cm³/mol. The predicted octanol–water partition coefficient (Wildman–Crippen LogP) is 0.921.